The van der Waals surface area contributed by atoms with Gasteiger partial charge in [-0.25, -0.2) is 17.7 Å². The number of hydrogen-bond donors (Lipinski definition) is 2. The summed E-state index contributed by atoms with van der Waals surface area (Å²) >= 11 is 1.06. The largest absolute Gasteiger partial charge is 0.393 e. The summed E-state index contributed by atoms with van der Waals surface area (Å²) in [4.78, 5) is 12.2. The van der Waals surface area contributed by atoms with Crippen LogP contribution >= 0.6 is 11.3 Å². The molecule has 2 fully saturated rings. The van der Waals surface area contributed by atoms with Gasteiger partial charge >= 0.3 is 6.18 Å². The molecule has 2 N–H and O–H groups in total. The fourth-order valence-electron chi connectivity index (χ4n) is 7.43. The Hall–Kier alpha value is -2.94. The predicted molar refractivity (Wildman–Crippen MR) is 188 cm³/mol. The molecule has 0 saturated carbocycles. The van der Waals surface area contributed by atoms with E-state index in [9.17, 15) is 21.6 Å². The van der Waals surface area contributed by atoms with Gasteiger partial charge in [0, 0.05) is 73.8 Å². The first kappa shape index (κ1) is 34.9. The Kier molecular flexibility index (Phi) is 10.0. The summed E-state index contributed by atoms with van der Waals surface area (Å²) < 4.78 is 67.2. The van der Waals surface area contributed by atoms with Crippen molar-refractivity contribution < 1.29 is 21.6 Å². The topological polar surface area (TPSA) is 95.4 Å². The smallest absolute Gasteiger partial charge is 0.367 e. The van der Waals surface area contributed by atoms with Crippen molar-refractivity contribution in [3.05, 3.63) is 46.0 Å². The van der Waals surface area contributed by atoms with Crippen LogP contribution in [0.1, 0.15) is 54.3 Å². The molecule has 5 heterocycles. The third kappa shape index (κ3) is 7.76. The van der Waals surface area contributed by atoms with E-state index < -0.39 is 22.6 Å². The Labute approximate surface area is 285 Å². The molecule has 14 heteroatoms. The fraction of sp³-hybridized carbons (Fsp3) is 0.588. The van der Waals surface area contributed by atoms with Gasteiger partial charge in [0.05, 0.1) is 18.1 Å². The molecule has 3 aromatic heterocycles. The second kappa shape index (κ2) is 13.8. The van der Waals surface area contributed by atoms with E-state index in [1.54, 1.807) is 17.4 Å². The molecule has 2 saturated heterocycles. The Morgan fingerprint density at radius 3 is 2.38 bits per heavy atom. The highest BCUT2D eigenvalue weighted by molar-refractivity contribution is 7.88. The zero-order chi connectivity index (χ0) is 34.4. The Morgan fingerprint density at radius 2 is 1.73 bits per heavy atom. The number of aryl methyl sites for hydroxylation is 2. The van der Waals surface area contributed by atoms with E-state index in [0.717, 1.165) is 63.2 Å². The van der Waals surface area contributed by atoms with Gasteiger partial charge in [-0.1, -0.05) is 13.0 Å². The van der Waals surface area contributed by atoms with Crippen LogP contribution in [-0.4, -0.2) is 83.9 Å². The maximum absolute atomic E-state index is 13.1. The number of halogens is 3. The lowest BCUT2D eigenvalue weighted by Crippen LogP contribution is -2.39. The standard InChI is InChI=1S/C34H46F3N7O2S2/c1-21(24-8-14-43(15-9-24)48(5,45)46)19-44-22(2)16-28-23(3)25(6-7-30(28)44)20-42-12-10-26(11-13-42)39-31-29-17-27(18-34(35,36)37)47-32(29)41-33(38-4)40-31/h6-7,16-17,21,24,26H,8-15,18-20H2,1-5H3,(H2,38,39,40,41). The molecule has 9 nitrogen and oxygen atoms in total. The summed E-state index contributed by atoms with van der Waals surface area (Å²) in [5.74, 6) is 1.92. The van der Waals surface area contributed by atoms with Crippen molar-refractivity contribution in [3.63, 3.8) is 0 Å². The second-order valence-electron chi connectivity index (χ2n) is 13.7. The first-order chi connectivity index (χ1) is 22.7. The molecule has 0 aliphatic carbocycles. The molecular weight excluding hydrogens is 660 g/mol. The number of thiophene rings is 1. The first-order valence-corrected chi connectivity index (χ1v) is 19.4. The van der Waals surface area contributed by atoms with E-state index in [1.165, 1.54) is 34.0 Å². The van der Waals surface area contributed by atoms with Gasteiger partial charge < -0.3 is 15.2 Å². The maximum Gasteiger partial charge on any atom is 0.393 e. The van der Waals surface area contributed by atoms with Crippen molar-refractivity contribution in [2.24, 2.45) is 11.8 Å². The number of alkyl halides is 3. The minimum Gasteiger partial charge on any atom is -0.367 e. The van der Waals surface area contributed by atoms with E-state index in [-0.39, 0.29) is 10.9 Å². The van der Waals surface area contributed by atoms with Crippen LogP contribution in [0.3, 0.4) is 0 Å². The minimum absolute atomic E-state index is 0.163. The highest BCUT2D eigenvalue weighted by atomic mass is 32.2. The summed E-state index contributed by atoms with van der Waals surface area (Å²) in [6.07, 6.45) is -0.334. The molecular formula is C34H46F3N7O2S2. The number of fused-ring (bicyclic) bond motifs is 2. The molecule has 6 rings (SSSR count). The SMILES string of the molecule is CNc1nc(NC2CCN(Cc3ccc4c(cc(C)n4CC(C)C4CCN(S(C)(=O)=O)CC4)c3C)CC2)c2cc(CC(F)(F)F)sc2n1. The number of rotatable bonds is 10. The summed E-state index contributed by atoms with van der Waals surface area (Å²) in [6.45, 7) is 11.5. The number of nitrogens with one attached hydrogen (secondary N) is 2. The fourth-order valence-corrected chi connectivity index (χ4v) is 9.36. The lowest BCUT2D eigenvalue weighted by atomic mass is 9.86. The van der Waals surface area contributed by atoms with Crippen LogP contribution in [0.25, 0.3) is 21.1 Å². The quantitative estimate of drug-likeness (QED) is 0.188. The molecule has 2 aliphatic rings. The van der Waals surface area contributed by atoms with Crippen LogP contribution in [0, 0.1) is 25.7 Å². The summed E-state index contributed by atoms with van der Waals surface area (Å²) in [6, 6.07) is 8.56. The lowest BCUT2D eigenvalue weighted by molar-refractivity contribution is -0.126. The van der Waals surface area contributed by atoms with Gasteiger partial charge in [-0.2, -0.15) is 18.2 Å². The predicted octanol–water partition coefficient (Wildman–Crippen LogP) is 6.79. The number of piperidine rings is 2. The van der Waals surface area contributed by atoms with Gasteiger partial charge in [0.1, 0.15) is 10.6 Å². The summed E-state index contributed by atoms with van der Waals surface area (Å²) in [7, 11) is -1.42. The van der Waals surface area contributed by atoms with E-state index in [0.29, 0.717) is 46.9 Å². The van der Waals surface area contributed by atoms with Crippen LogP contribution in [0.5, 0.6) is 0 Å². The van der Waals surface area contributed by atoms with Crippen LogP contribution in [0.4, 0.5) is 24.9 Å². The lowest BCUT2D eigenvalue weighted by Gasteiger charge is -2.34. The molecule has 4 aromatic rings. The van der Waals surface area contributed by atoms with Crippen LogP contribution in [-0.2, 0) is 29.5 Å². The average molecular weight is 706 g/mol. The molecule has 0 radical (unpaired) electrons. The zero-order valence-electron chi connectivity index (χ0n) is 28.3. The maximum atomic E-state index is 13.1. The van der Waals surface area contributed by atoms with Crippen molar-refractivity contribution in [3.8, 4) is 0 Å². The van der Waals surface area contributed by atoms with Gasteiger partial charge in [-0.3, -0.25) is 4.90 Å². The molecule has 2 aliphatic heterocycles. The minimum atomic E-state index is -4.27. The number of likely N-dealkylation sites (tertiary alicyclic amines) is 1. The molecule has 1 atom stereocenters. The van der Waals surface area contributed by atoms with Crippen LogP contribution < -0.4 is 10.6 Å². The van der Waals surface area contributed by atoms with Crippen molar-refractivity contribution in [2.75, 3.05) is 50.1 Å². The third-order valence-electron chi connectivity index (χ3n) is 10.3. The Balaban J connectivity index is 1.08. The highest BCUT2D eigenvalue weighted by Gasteiger charge is 2.31. The number of nitrogens with zero attached hydrogens (tertiary/aromatic N) is 5. The number of aromatic nitrogens is 3. The van der Waals surface area contributed by atoms with Gasteiger partial charge in [-0.15, -0.1) is 11.3 Å². The number of sulfonamides is 1. The molecule has 48 heavy (non-hydrogen) atoms. The Morgan fingerprint density at radius 1 is 1.02 bits per heavy atom. The number of anilines is 2. The average Bonchev–Trinajstić information content (AvgIpc) is 3.58. The van der Waals surface area contributed by atoms with Crippen LogP contribution in [0.2, 0.25) is 0 Å². The van der Waals surface area contributed by atoms with Gasteiger partial charge in [0.15, 0.2) is 0 Å². The van der Waals surface area contributed by atoms with Gasteiger partial charge in [0.25, 0.3) is 0 Å². The Bertz CT molecular complexity index is 1870. The van der Waals surface area contributed by atoms with Gasteiger partial charge in [-0.05, 0) is 80.7 Å². The molecule has 1 aromatic carbocycles. The molecule has 1 unspecified atom stereocenters. The zero-order valence-corrected chi connectivity index (χ0v) is 30.0. The van der Waals surface area contributed by atoms with Crippen molar-refractivity contribution in [1.29, 1.82) is 0 Å². The van der Waals surface area contributed by atoms with Crippen molar-refractivity contribution >= 4 is 54.2 Å². The van der Waals surface area contributed by atoms with E-state index in [1.807, 2.05) is 0 Å². The third-order valence-corrected chi connectivity index (χ3v) is 12.6. The number of benzene rings is 1. The van der Waals surface area contributed by atoms with E-state index >= 15 is 0 Å². The van der Waals surface area contributed by atoms with Crippen molar-refractivity contribution in [2.45, 2.75) is 78.2 Å². The second-order valence-corrected chi connectivity index (χ2v) is 16.8. The van der Waals surface area contributed by atoms with E-state index in [4.69, 9.17) is 0 Å². The monoisotopic (exact) mass is 705 g/mol. The van der Waals surface area contributed by atoms with E-state index in [2.05, 4.69) is 69.0 Å². The highest BCUT2D eigenvalue weighted by Crippen LogP contribution is 2.35. The van der Waals surface area contributed by atoms with Gasteiger partial charge in [0.2, 0.25) is 16.0 Å². The van der Waals surface area contributed by atoms with Crippen molar-refractivity contribution in [1.82, 2.24) is 23.7 Å². The van der Waals surface area contributed by atoms with Crippen LogP contribution in [0.15, 0.2) is 24.3 Å². The first-order valence-electron chi connectivity index (χ1n) is 16.8. The molecule has 0 spiro atoms. The molecule has 0 amide bonds. The normalized spacial score (nSPS) is 18.6. The summed E-state index contributed by atoms with van der Waals surface area (Å²) in [5.41, 5.74) is 5.12. The summed E-state index contributed by atoms with van der Waals surface area (Å²) in [5, 5.41) is 8.39. The molecule has 0 bridgehead atoms. The molecule has 262 valence electrons. The number of hydrogen-bond acceptors (Lipinski definition) is 8.